The zero-order valence-electron chi connectivity index (χ0n) is 12.4. The molecule has 0 spiro atoms. The highest BCUT2D eigenvalue weighted by atomic mass is 15.1. The smallest absolute Gasteiger partial charge is 0.0727 e. The fourth-order valence-corrected chi connectivity index (χ4v) is 2.61. The summed E-state index contributed by atoms with van der Waals surface area (Å²) in [7, 11) is 2.10. The Hall–Kier alpha value is -2.55. The van der Waals surface area contributed by atoms with Crippen LogP contribution in [0.15, 0.2) is 54.6 Å². The first-order chi connectivity index (χ1) is 10.1. The molecule has 1 aromatic heterocycles. The SMILES string of the molecule is Cc1cc(N(C)Cc2ccccc2)c2cc(N)ccc2n1. The van der Waals surface area contributed by atoms with E-state index in [2.05, 4.69) is 47.3 Å². The minimum Gasteiger partial charge on any atom is -0.399 e. The van der Waals surface area contributed by atoms with Crippen LogP contribution in [0.3, 0.4) is 0 Å². The van der Waals surface area contributed by atoms with Gasteiger partial charge in [0.2, 0.25) is 0 Å². The highest BCUT2D eigenvalue weighted by molar-refractivity contribution is 5.93. The molecular weight excluding hydrogens is 258 g/mol. The quantitative estimate of drug-likeness (QED) is 0.741. The zero-order chi connectivity index (χ0) is 14.8. The Bertz CT molecular complexity index is 766. The lowest BCUT2D eigenvalue weighted by atomic mass is 10.1. The molecule has 0 aliphatic carbocycles. The van der Waals surface area contributed by atoms with Gasteiger partial charge >= 0.3 is 0 Å². The average Bonchev–Trinajstić information content (AvgIpc) is 2.48. The summed E-state index contributed by atoms with van der Waals surface area (Å²) in [5, 5.41) is 1.10. The van der Waals surface area contributed by atoms with Gasteiger partial charge in [-0.3, -0.25) is 4.98 Å². The summed E-state index contributed by atoms with van der Waals surface area (Å²) < 4.78 is 0. The lowest BCUT2D eigenvalue weighted by Gasteiger charge is -2.22. The Kier molecular flexibility index (Phi) is 3.48. The number of nitrogens with zero attached hydrogens (tertiary/aromatic N) is 2. The molecule has 0 atom stereocenters. The average molecular weight is 277 g/mol. The van der Waals surface area contributed by atoms with Crippen LogP contribution in [-0.2, 0) is 6.54 Å². The summed E-state index contributed by atoms with van der Waals surface area (Å²) in [6, 6.07) is 18.4. The lowest BCUT2D eigenvalue weighted by Crippen LogP contribution is -2.17. The number of fused-ring (bicyclic) bond motifs is 1. The van der Waals surface area contributed by atoms with Gasteiger partial charge in [0.1, 0.15) is 0 Å². The molecule has 2 aromatic carbocycles. The van der Waals surface area contributed by atoms with Gasteiger partial charge in [-0.2, -0.15) is 0 Å². The topological polar surface area (TPSA) is 42.1 Å². The van der Waals surface area contributed by atoms with Crippen molar-refractivity contribution in [2.24, 2.45) is 0 Å². The van der Waals surface area contributed by atoms with Gasteiger partial charge in [-0.15, -0.1) is 0 Å². The first-order valence-electron chi connectivity index (χ1n) is 7.05. The second-order valence-electron chi connectivity index (χ2n) is 5.40. The molecule has 0 aliphatic heterocycles. The molecule has 0 fully saturated rings. The Labute approximate surface area is 125 Å². The molecule has 3 nitrogen and oxygen atoms in total. The largest absolute Gasteiger partial charge is 0.399 e. The van der Waals surface area contributed by atoms with Crippen LogP contribution < -0.4 is 10.6 Å². The van der Waals surface area contributed by atoms with E-state index in [4.69, 9.17) is 5.73 Å². The number of benzene rings is 2. The summed E-state index contributed by atoms with van der Waals surface area (Å²) in [5.41, 5.74) is 11.1. The van der Waals surface area contributed by atoms with Crippen LogP contribution >= 0.6 is 0 Å². The number of aromatic nitrogens is 1. The van der Waals surface area contributed by atoms with E-state index >= 15 is 0 Å². The van der Waals surface area contributed by atoms with Gasteiger partial charge in [0.15, 0.2) is 0 Å². The van der Waals surface area contributed by atoms with Gasteiger partial charge in [-0.05, 0) is 36.8 Å². The van der Waals surface area contributed by atoms with Gasteiger partial charge in [0.25, 0.3) is 0 Å². The molecule has 0 saturated carbocycles. The first kappa shape index (κ1) is 13.4. The Morgan fingerprint density at radius 1 is 1.05 bits per heavy atom. The molecule has 3 aromatic rings. The van der Waals surface area contributed by atoms with Crippen molar-refractivity contribution in [2.75, 3.05) is 17.7 Å². The third-order valence-corrected chi connectivity index (χ3v) is 3.61. The molecule has 0 amide bonds. The minimum atomic E-state index is 0.766. The van der Waals surface area contributed by atoms with E-state index in [0.29, 0.717) is 0 Å². The molecule has 3 heteroatoms. The predicted molar refractivity (Wildman–Crippen MR) is 89.4 cm³/mol. The molecule has 21 heavy (non-hydrogen) atoms. The van der Waals surface area contributed by atoms with Crippen molar-refractivity contribution in [1.82, 2.24) is 4.98 Å². The summed E-state index contributed by atoms with van der Waals surface area (Å²) in [5.74, 6) is 0. The Morgan fingerprint density at radius 3 is 2.57 bits per heavy atom. The lowest BCUT2D eigenvalue weighted by molar-refractivity contribution is 0.925. The van der Waals surface area contributed by atoms with Crippen LogP contribution in [0, 0.1) is 6.92 Å². The van der Waals surface area contributed by atoms with Crippen LogP contribution in [0.5, 0.6) is 0 Å². The van der Waals surface area contributed by atoms with E-state index in [0.717, 1.165) is 34.5 Å². The van der Waals surface area contributed by atoms with Crippen molar-refractivity contribution >= 4 is 22.3 Å². The van der Waals surface area contributed by atoms with Gasteiger partial charge in [-0.25, -0.2) is 0 Å². The highest BCUT2D eigenvalue weighted by Gasteiger charge is 2.09. The van der Waals surface area contributed by atoms with Crippen molar-refractivity contribution in [3.8, 4) is 0 Å². The summed E-state index contributed by atoms with van der Waals surface area (Å²) in [6.45, 7) is 2.88. The number of nitrogen functional groups attached to an aromatic ring is 1. The van der Waals surface area contributed by atoms with Gasteiger partial charge in [-0.1, -0.05) is 30.3 Å². The maximum Gasteiger partial charge on any atom is 0.0727 e. The fourth-order valence-electron chi connectivity index (χ4n) is 2.61. The Balaban J connectivity index is 2.04. The van der Waals surface area contributed by atoms with E-state index in [9.17, 15) is 0 Å². The molecule has 0 bridgehead atoms. The molecule has 0 aliphatic rings. The van der Waals surface area contributed by atoms with Crippen molar-refractivity contribution < 1.29 is 0 Å². The minimum absolute atomic E-state index is 0.766. The van der Waals surface area contributed by atoms with Crippen LogP contribution in [0.25, 0.3) is 10.9 Å². The van der Waals surface area contributed by atoms with E-state index in [-0.39, 0.29) is 0 Å². The zero-order valence-corrected chi connectivity index (χ0v) is 12.4. The van der Waals surface area contributed by atoms with Crippen molar-refractivity contribution in [2.45, 2.75) is 13.5 Å². The Morgan fingerprint density at radius 2 is 1.81 bits per heavy atom. The number of anilines is 2. The number of hydrogen-bond acceptors (Lipinski definition) is 3. The maximum atomic E-state index is 5.94. The third kappa shape index (κ3) is 2.82. The molecule has 1 heterocycles. The van der Waals surface area contributed by atoms with Crippen LogP contribution in [0.2, 0.25) is 0 Å². The fraction of sp³-hybridized carbons (Fsp3) is 0.167. The monoisotopic (exact) mass is 277 g/mol. The normalized spacial score (nSPS) is 10.8. The molecule has 0 saturated heterocycles. The second-order valence-corrected chi connectivity index (χ2v) is 5.40. The third-order valence-electron chi connectivity index (χ3n) is 3.61. The molecule has 106 valence electrons. The molecule has 0 radical (unpaired) electrons. The molecule has 3 rings (SSSR count). The first-order valence-corrected chi connectivity index (χ1v) is 7.05. The van der Waals surface area contributed by atoms with Gasteiger partial charge in [0.05, 0.1) is 5.52 Å². The second kappa shape index (κ2) is 5.44. The summed E-state index contributed by atoms with van der Waals surface area (Å²) in [6.07, 6.45) is 0. The van der Waals surface area contributed by atoms with Crippen molar-refractivity contribution in [1.29, 1.82) is 0 Å². The van der Waals surface area contributed by atoms with E-state index in [1.165, 1.54) is 5.56 Å². The van der Waals surface area contributed by atoms with Crippen molar-refractivity contribution in [3.05, 3.63) is 65.9 Å². The standard InChI is InChI=1S/C18H19N3/c1-13-10-18(16-11-15(19)8-9-17(16)20-13)21(2)12-14-6-4-3-5-7-14/h3-11H,12,19H2,1-2H3. The molecule has 2 N–H and O–H groups in total. The van der Waals surface area contributed by atoms with Crippen LogP contribution in [0.1, 0.15) is 11.3 Å². The molecular formula is C18H19N3. The van der Waals surface area contributed by atoms with Crippen LogP contribution in [-0.4, -0.2) is 12.0 Å². The number of rotatable bonds is 3. The van der Waals surface area contributed by atoms with Crippen LogP contribution in [0.4, 0.5) is 11.4 Å². The number of aryl methyl sites for hydroxylation is 1. The summed E-state index contributed by atoms with van der Waals surface area (Å²) in [4.78, 5) is 6.83. The summed E-state index contributed by atoms with van der Waals surface area (Å²) >= 11 is 0. The van der Waals surface area contributed by atoms with Gasteiger partial charge < -0.3 is 10.6 Å². The number of pyridine rings is 1. The number of hydrogen-bond donors (Lipinski definition) is 1. The highest BCUT2D eigenvalue weighted by Crippen LogP contribution is 2.28. The molecule has 0 unspecified atom stereocenters. The van der Waals surface area contributed by atoms with Crippen molar-refractivity contribution in [3.63, 3.8) is 0 Å². The van der Waals surface area contributed by atoms with E-state index < -0.39 is 0 Å². The van der Waals surface area contributed by atoms with Gasteiger partial charge in [0, 0.05) is 36.0 Å². The predicted octanol–water partition coefficient (Wildman–Crippen LogP) is 3.76. The maximum absolute atomic E-state index is 5.94. The number of nitrogens with two attached hydrogens (primary N) is 1. The van der Waals surface area contributed by atoms with E-state index in [1.54, 1.807) is 0 Å². The van der Waals surface area contributed by atoms with E-state index in [1.807, 2.05) is 31.2 Å².